The van der Waals surface area contributed by atoms with Gasteiger partial charge in [-0.15, -0.1) is 0 Å². The fourth-order valence-corrected chi connectivity index (χ4v) is 0.611. The number of anilines is 1. The Bertz CT molecular complexity index is 314. The highest BCUT2D eigenvalue weighted by molar-refractivity contribution is 5.50. The maximum absolute atomic E-state index is 10.2. The van der Waals surface area contributed by atoms with Crippen LogP contribution in [0.5, 0.6) is 6.01 Å². The smallest absolute Gasteiger partial charge is 0.329 e. The molecule has 0 radical (unpaired) electrons. The van der Waals surface area contributed by atoms with E-state index >= 15 is 0 Å². The molecular formula is C5H6N4O3. The number of aromatic nitrogens is 2. The number of hydrogen-bond acceptors (Lipinski definition) is 6. The van der Waals surface area contributed by atoms with E-state index in [1.807, 2.05) is 0 Å². The molecule has 64 valence electrons. The summed E-state index contributed by atoms with van der Waals surface area (Å²) in [5.74, 6) is -0.202. The number of nitrogen functional groups attached to an aromatic ring is 1. The van der Waals surface area contributed by atoms with Gasteiger partial charge in [0.2, 0.25) is 5.82 Å². The molecule has 0 fully saturated rings. The van der Waals surface area contributed by atoms with Crippen molar-refractivity contribution < 1.29 is 9.66 Å². The second kappa shape index (κ2) is 2.99. The summed E-state index contributed by atoms with van der Waals surface area (Å²) in [7, 11) is 1.35. The first-order valence-electron chi connectivity index (χ1n) is 2.96. The number of nitrogens with two attached hydrogens (primary N) is 1. The zero-order valence-corrected chi connectivity index (χ0v) is 6.22. The first-order chi connectivity index (χ1) is 5.65. The first-order valence-corrected chi connectivity index (χ1v) is 2.96. The van der Waals surface area contributed by atoms with Gasteiger partial charge >= 0.3 is 11.7 Å². The standard InChI is InChI=1S/C5H6N4O3/c1-12-5-7-2-3(9(10)11)4(6)8-5/h2H,1H3,(H2,6,7,8). The highest BCUT2D eigenvalue weighted by atomic mass is 16.6. The Hall–Kier alpha value is -1.92. The van der Waals surface area contributed by atoms with E-state index in [1.165, 1.54) is 7.11 Å². The second-order valence-corrected chi connectivity index (χ2v) is 1.88. The van der Waals surface area contributed by atoms with Gasteiger partial charge in [-0.05, 0) is 0 Å². The fourth-order valence-electron chi connectivity index (χ4n) is 0.611. The van der Waals surface area contributed by atoms with Gasteiger partial charge in [0.15, 0.2) is 0 Å². The lowest BCUT2D eigenvalue weighted by Gasteiger charge is -1.97. The van der Waals surface area contributed by atoms with Crippen LogP contribution in [-0.4, -0.2) is 22.0 Å². The van der Waals surface area contributed by atoms with Crippen LogP contribution in [-0.2, 0) is 0 Å². The van der Waals surface area contributed by atoms with Crippen molar-refractivity contribution in [3.8, 4) is 6.01 Å². The molecule has 0 bridgehead atoms. The van der Waals surface area contributed by atoms with E-state index in [0.29, 0.717) is 0 Å². The lowest BCUT2D eigenvalue weighted by atomic mass is 10.5. The van der Waals surface area contributed by atoms with Crippen LogP contribution in [0.25, 0.3) is 0 Å². The Morgan fingerprint density at radius 1 is 1.75 bits per heavy atom. The zero-order valence-electron chi connectivity index (χ0n) is 6.22. The molecule has 0 spiro atoms. The number of nitro groups is 1. The van der Waals surface area contributed by atoms with Crippen molar-refractivity contribution in [3.05, 3.63) is 16.3 Å². The van der Waals surface area contributed by atoms with Gasteiger partial charge in [0, 0.05) is 0 Å². The molecule has 0 aliphatic rings. The zero-order chi connectivity index (χ0) is 9.14. The Morgan fingerprint density at radius 3 is 2.83 bits per heavy atom. The summed E-state index contributed by atoms with van der Waals surface area (Å²) in [5.41, 5.74) is 4.90. The van der Waals surface area contributed by atoms with Crippen molar-refractivity contribution in [2.75, 3.05) is 12.8 Å². The van der Waals surface area contributed by atoms with Gasteiger partial charge < -0.3 is 10.5 Å². The minimum atomic E-state index is -0.658. The van der Waals surface area contributed by atoms with Gasteiger partial charge in [0.25, 0.3) is 0 Å². The van der Waals surface area contributed by atoms with Crippen molar-refractivity contribution in [2.24, 2.45) is 0 Å². The molecule has 0 saturated carbocycles. The molecule has 0 amide bonds. The van der Waals surface area contributed by atoms with E-state index in [4.69, 9.17) is 5.73 Å². The maximum Gasteiger partial charge on any atom is 0.329 e. The molecule has 2 N–H and O–H groups in total. The van der Waals surface area contributed by atoms with E-state index in [1.54, 1.807) is 0 Å². The third-order valence-electron chi connectivity index (χ3n) is 1.16. The minimum absolute atomic E-state index is 0.0121. The van der Waals surface area contributed by atoms with Crippen molar-refractivity contribution in [1.82, 2.24) is 9.97 Å². The topological polar surface area (TPSA) is 104 Å². The summed E-state index contributed by atoms with van der Waals surface area (Å²) >= 11 is 0. The highest BCUT2D eigenvalue weighted by Gasteiger charge is 2.13. The summed E-state index contributed by atoms with van der Waals surface area (Å²) < 4.78 is 4.60. The average molecular weight is 170 g/mol. The molecular weight excluding hydrogens is 164 g/mol. The van der Waals surface area contributed by atoms with Crippen molar-refractivity contribution in [3.63, 3.8) is 0 Å². The van der Waals surface area contributed by atoms with Crippen LogP contribution >= 0.6 is 0 Å². The summed E-state index contributed by atoms with van der Waals surface area (Å²) in [6, 6.07) is 0.0121. The summed E-state index contributed by atoms with van der Waals surface area (Å²) in [4.78, 5) is 16.6. The van der Waals surface area contributed by atoms with Gasteiger partial charge in [-0.3, -0.25) is 10.1 Å². The molecule has 1 aromatic rings. The summed E-state index contributed by atoms with van der Waals surface area (Å²) in [6.45, 7) is 0. The van der Waals surface area contributed by atoms with Crippen LogP contribution in [0.1, 0.15) is 0 Å². The molecule has 7 heteroatoms. The van der Waals surface area contributed by atoms with Crippen molar-refractivity contribution >= 4 is 11.5 Å². The quantitative estimate of drug-likeness (QED) is 0.493. The monoisotopic (exact) mass is 170 g/mol. The highest BCUT2D eigenvalue weighted by Crippen LogP contribution is 2.18. The number of hydrogen-bond donors (Lipinski definition) is 1. The van der Waals surface area contributed by atoms with Crippen LogP contribution in [0, 0.1) is 10.1 Å². The third kappa shape index (κ3) is 1.39. The minimum Gasteiger partial charge on any atom is -0.467 e. The average Bonchev–Trinajstić information content (AvgIpc) is 2.03. The largest absolute Gasteiger partial charge is 0.467 e. The van der Waals surface area contributed by atoms with Crippen molar-refractivity contribution in [2.45, 2.75) is 0 Å². The Balaban J connectivity index is 3.12. The molecule has 1 rings (SSSR count). The second-order valence-electron chi connectivity index (χ2n) is 1.88. The Labute approximate surface area is 67.3 Å². The van der Waals surface area contributed by atoms with E-state index in [2.05, 4.69) is 14.7 Å². The van der Waals surface area contributed by atoms with Crippen LogP contribution < -0.4 is 10.5 Å². The van der Waals surface area contributed by atoms with E-state index in [9.17, 15) is 10.1 Å². The molecule has 7 nitrogen and oxygen atoms in total. The third-order valence-corrected chi connectivity index (χ3v) is 1.16. The van der Waals surface area contributed by atoms with Crippen LogP contribution in [0.3, 0.4) is 0 Å². The number of rotatable bonds is 2. The first kappa shape index (κ1) is 8.18. The predicted octanol–water partition coefficient (Wildman–Crippen LogP) is -0.0244. The lowest BCUT2D eigenvalue weighted by Crippen LogP contribution is -2.01. The van der Waals surface area contributed by atoms with Crippen LogP contribution in [0.2, 0.25) is 0 Å². The molecule has 0 aliphatic carbocycles. The van der Waals surface area contributed by atoms with Crippen molar-refractivity contribution in [1.29, 1.82) is 0 Å². The fraction of sp³-hybridized carbons (Fsp3) is 0.200. The van der Waals surface area contributed by atoms with Crippen LogP contribution in [0.4, 0.5) is 11.5 Å². The van der Waals surface area contributed by atoms with Gasteiger partial charge in [-0.1, -0.05) is 0 Å². The van der Waals surface area contributed by atoms with E-state index < -0.39 is 4.92 Å². The molecule has 1 heterocycles. The molecule has 0 saturated heterocycles. The molecule has 12 heavy (non-hydrogen) atoms. The van der Waals surface area contributed by atoms with E-state index in [-0.39, 0.29) is 17.5 Å². The Morgan fingerprint density at radius 2 is 2.42 bits per heavy atom. The van der Waals surface area contributed by atoms with Gasteiger partial charge in [-0.2, -0.15) is 9.97 Å². The van der Waals surface area contributed by atoms with Gasteiger partial charge in [0.05, 0.1) is 12.0 Å². The molecule has 0 aliphatic heterocycles. The maximum atomic E-state index is 10.2. The lowest BCUT2D eigenvalue weighted by molar-refractivity contribution is -0.384. The van der Waals surface area contributed by atoms with E-state index in [0.717, 1.165) is 6.20 Å². The number of nitrogens with zero attached hydrogens (tertiary/aromatic N) is 3. The normalized spacial score (nSPS) is 9.42. The molecule has 1 aromatic heterocycles. The molecule has 0 atom stereocenters. The van der Waals surface area contributed by atoms with Crippen LogP contribution in [0.15, 0.2) is 6.20 Å². The summed E-state index contributed by atoms with van der Waals surface area (Å²) in [5, 5.41) is 10.2. The van der Waals surface area contributed by atoms with Gasteiger partial charge in [-0.25, -0.2) is 0 Å². The molecule has 0 unspecified atom stereocenters. The number of ether oxygens (including phenoxy) is 1. The summed E-state index contributed by atoms with van der Waals surface area (Å²) in [6.07, 6.45) is 1.00. The SMILES string of the molecule is COc1ncc([N+](=O)[O-])c(N)n1. The Kier molecular flexibility index (Phi) is 2.04. The predicted molar refractivity (Wildman–Crippen MR) is 39.7 cm³/mol. The van der Waals surface area contributed by atoms with Gasteiger partial charge in [0.1, 0.15) is 6.20 Å². The molecule has 0 aromatic carbocycles. The number of methoxy groups -OCH3 is 1.